The van der Waals surface area contributed by atoms with Crippen LogP contribution in [0.2, 0.25) is 0 Å². The molecule has 1 aromatic rings. The zero-order chi connectivity index (χ0) is 8.23. The molecule has 0 fully saturated rings. The Kier molecular flexibility index (Phi) is 2.83. The molecule has 1 heterocycles. The van der Waals surface area contributed by atoms with Crippen LogP contribution in [0.5, 0.6) is 0 Å². The topological polar surface area (TPSA) is 0 Å². The number of hydrogen-bond acceptors (Lipinski definition) is 1. The van der Waals surface area contributed by atoms with Gasteiger partial charge < -0.3 is 0 Å². The first-order valence-corrected chi connectivity index (χ1v) is 5.90. The molecule has 0 bridgehead atoms. The summed E-state index contributed by atoms with van der Waals surface area (Å²) in [5, 5.41) is 2.26. The Balaban J connectivity index is 2.10. The van der Waals surface area contributed by atoms with E-state index >= 15 is 0 Å². The predicted molar refractivity (Wildman–Crippen MR) is 54.8 cm³/mol. The Morgan fingerprint density at radius 1 is 0.917 bits per heavy atom. The van der Waals surface area contributed by atoms with E-state index in [9.17, 15) is 0 Å². The van der Waals surface area contributed by atoms with Gasteiger partial charge in [0.05, 0.1) is 0 Å². The van der Waals surface area contributed by atoms with Gasteiger partial charge in [0.15, 0.2) is 0 Å². The molecule has 1 aromatic heterocycles. The third kappa shape index (κ3) is 1.89. The van der Waals surface area contributed by atoms with Crippen LogP contribution in [-0.4, -0.2) is 0 Å². The van der Waals surface area contributed by atoms with Crippen molar-refractivity contribution >= 4 is 11.3 Å². The Bertz CT molecular complexity index is 214. The fourth-order valence-electron chi connectivity index (χ4n) is 1.94. The van der Waals surface area contributed by atoms with Crippen molar-refractivity contribution in [1.29, 1.82) is 0 Å². The maximum absolute atomic E-state index is 2.32. The highest BCUT2D eigenvalue weighted by molar-refractivity contribution is 7.10. The number of aryl methyl sites for hydroxylation is 2. The smallest absolute Gasteiger partial charge is 0.00772 e. The highest BCUT2D eigenvalue weighted by Gasteiger charge is 2.06. The van der Waals surface area contributed by atoms with Crippen LogP contribution in [0.3, 0.4) is 0 Å². The summed E-state index contributed by atoms with van der Waals surface area (Å²) in [6.07, 6.45) is 9.82. The van der Waals surface area contributed by atoms with Gasteiger partial charge >= 0.3 is 0 Å². The van der Waals surface area contributed by atoms with Crippen molar-refractivity contribution in [1.82, 2.24) is 0 Å². The minimum atomic E-state index is 1.33. The van der Waals surface area contributed by atoms with Crippen molar-refractivity contribution in [2.75, 3.05) is 0 Å². The lowest BCUT2D eigenvalue weighted by Gasteiger charge is -1.98. The summed E-state index contributed by atoms with van der Waals surface area (Å²) in [5.41, 5.74) is 1.64. The molecular formula is C11H16S. The van der Waals surface area contributed by atoms with Crippen LogP contribution in [0.1, 0.15) is 42.5 Å². The van der Waals surface area contributed by atoms with Crippen molar-refractivity contribution in [2.24, 2.45) is 0 Å². The predicted octanol–water partition coefficient (Wildman–Crippen LogP) is 3.80. The van der Waals surface area contributed by atoms with Gasteiger partial charge in [-0.3, -0.25) is 0 Å². The lowest BCUT2D eigenvalue weighted by molar-refractivity contribution is 0.629. The number of rotatable bonds is 0. The average molecular weight is 180 g/mol. The zero-order valence-corrected chi connectivity index (χ0v) is 8.33. The summed E-state index contributed by atoms with van der Waals surface area (Å²) < 4.78 is 0. The largest absolute Gasteiger partial charge is 0.149 e. The highest BCUT2D eigenvalue weighted by atomic mass is 32.1. The van der Waals surface area contributed by atoms with Gasteiger partial charge in [0, 0.05) is 4.88 Å². The van der Waals surface area contributed by atoms with Crippen LogP contribution < -0.4 is 0 Å². The van der Waals surface area contributed by atoms with Crippen LogP contribution in [-0.2, 0) is 12.8 Å². The molecule has 0 saturated heterocycles. The van der Waals surface area contributed by atoms with E-state index < -0.39 is 0 Å². The molecule has 1 aliphatic rings. The van der Waals surface area contributed by atoms with Crippen molar-refractivity contribution in [2.45, 2.75) is 44.9 Å². The average Bonchev–Trinajstić information content (AvgIpc) is 2.50. The second kappa shape index (κ2) is 4.08. The molecule has 0 N–H and O–H groups in total. The molecule has 1 heteroatoms. The van der Waals surface area contributed by atoms with Crippen molar-refractivity contribution in [3.05, 3.63) is 21.9 Å². The molecule has 0 atom stereocenters. The molecule has 0 nitrogen and oxygen atoms in total. The molecule has 0 radical (unpaired) electrons. The van der Waals surface area contributed by atoms with Gasteiger partial charge in [-0.25, -0.2) is 0 Å². The first kappa shape index (κ1) is 8.31. The molecule has 2 rings (SSSR count). The van der Waals surface area contributed by atoms with Crippen molar-refractivity contribution < 1.29 is 0 Å². The van der Waals surface area contributed by atoms with Gasteiger partial charge in [-0.2, -0.15) is 0 Å². The lowest BCUT2D eigenvalue weighted by Crippen LogP contribution is -1.86. The number of hydrogen-bond donors (Lipinski definition) is 0. The van der Waals surface area contributed by atoms with Crippen molar-refractivity contribution in [3.8, 4) is 0 Å². The fraction of sp³-hybridized carbons (Fsp3) is 0.636. The van der Waals surface area contributed by atoms with E-state index in [1.165, 1.54) is 44.9 Å². The number of fused-ring (bicyclic) bond motifs is 1. The zero-order valence-electron chi connectivity index (χ0n) is 7.51. The lowest BCUT2D eigenvalue weighted by atomic mass is 10.1. The molecule has 0 aliphatic heterocycles. The first-order chi connectivity index (χ1) is 5.97. The SMILES string of the molecule is c1cc2c(s1)CCCCCCC2. The van der Waals surface area contributed by atoms with Gasteiger partial charge in [0.1, 0.15) is 0 Å². The second-order valence-electron chi connectivity index (χ2n) is 3.64. The molecule has 0 unspecified atom stereocenters. The Hall–Kier alpha value is -0.300. The van der Waals surface area contributed by atoms with E-state index in [1.807, 2.05) is 11.3 Å². The quantitative estimate of drug-likeness (QED) is 0.569. The summed E-state index contributed by atoms with van der Waals surface area (Å²) in [4.78, 5) is 1.66. The molecular weight excluding hydrogens is 164 g/mol. The maximum Gasteiger partial charge on any atom is 0.00772 e. The highest BCUT2D eigenvalue weighted by Crippen LogP contribution is 2.23. The van der Waals surface area contributed by atoms with Crippen LogP contribution >= 0.6 is 11.3 Å². The summed E-state index contributed by atoms with van der Waals surface area (Å²) in [5.74, 6) is 0. The first-order valence-electron chi connectivity index (χ1n) is 5.02. The van der Waals surface area contributed by atoms with Crippen molar-refractivity contribution in [3.63, 3.8) is 0 Å². The van der Waals surface area contributed by atoms with Crippen LogP contribution in [0.25, 0.3) is 0 Å². The van der Waals surface area contributed by atoms with E-state index in [1.54, 1.807) is 10.4 Å². The van der Waals surface area contributed by atoms with Crippen LogP contribution in [0.4, 0.5) is 0 Å². The third-order valence-corrected chi connectivity index (χ3v) is 3.71. The summed E-state index contributed by atoms with van der Waals surface area (Å²) >= 11 is 1.96. The summed E-state index contributed by atoms with van der Waals surface area (Å²) in [6.45, 7) is 0. The number of thiophene rings is 1. The van der Waals surface area contributed by atoms with E-state index in [0.29, 0.717) is 0 Å². The van der Waals surface area contributed by atoms with Crippen LogP contribution in [0.15, 0.2) is 11.4 Å². The molecule has 1 aliphatic carbocycles. The summed E-state index contributed by atoms with van der Waals surface area (Å²) in [7, 11) is 0. The molecule has 0 aromatic carbocycles. The van der Waals surface area contributed by atoms with Gasteiger partial charge in [-0.1, -0.05) is 19.3 Å². The minimum Gasteiger partial charge on any atom is -0.149 e. The van der Waals surface area contributed by atoms with Gasteiger partial charge in [0.25, 0.3) is 0 Å². The van der Waals surface area contributed by atoms with Gasteiger partial charge in [-0.15, -0.1) is 11.3 Å². The van der Waals surface area contributed by atoms with Crippen LogP contribution in [0, 0.1) is 0 Å². The van der Waals surface area contributed by atoms with E-state index in [2.05, 4.69) is 11.4 Å². The molecule has 12 heavy (non-hydrogen) atoms. The van der Waals surface area contributed by atoms with Gasteiger partial charge in [0.2, 0.25) is 0 Å². The minimum absolute atomic E-state index is 1.33. The monoisotopic (exact) mass is 180 g/mol. The van der Waals surface area contributed by atoms with Gasteiger partial charge in [-0.05, 0) is 42.7 Å². The van der Waals surface area contributed by atoms with E-state index in [-0.39, 0.29) is 0 Å². The third-order valence-electron chi connectivity index (χ3n) is 2.69. The second-order valence-corrected chi connectivity index (χ2v) is 4.64. The molecule has 0 amide bonds. The maximum atomic E-state index is 2.32. The normalized spacial score (nSPS) is 19.0. The van der Waals surface area contributed by atoms with E-state index in [0.717, 1.165) is 0 Å². The Labute approximate surface area is 78.6 Å². The Morgan fingerprint density at radius 3 is 2.58 bits per heavy atom. The summed E-state index contributed by atoms with van der Waals surface area (Å²) in [6, 6.07) is 2.32. The fourth-order valence-corrected chi connectivity index (χ4v) is 2.92. The molecule has 0 spiro atoms. The van der Waals surface area contributed by atoms with E-state index in [4.69, 9.17) is 0 Å². The molecule has 66 valence electrons. The Morgan fingerprint density at radius 2 is 1.67 bits per heavy atom. The molecule has 0 saturated carbocycles. The standard InChI is InChI=1S/C11H16S/c1-2-4-6-10-8-9-12-11(10)7-5-3-1/h8-9H,1-7H2.